The minimum atomic E-state index is -0.403. The van der Waals surface area contributed by atoms with E-state index in [0.29, 0.717) is 5.41 Å². The van der Waals surface area contributed by atoms with Crippen LogP contribution >= 0.6 is 22.6 Å². The second-order valence-electron chi connectivity index (χ2n) is 4.01. The van der Waals surface area contributed by atoms with Gasteiger partial charge in [-0.2, -0.15) is 0 Å². The van der Waals surface area contributed by atoms with E-state index >= 15 is 0 Å². The maximum Gasteiger partial charge on any atom is 0.0462 e. The summed E-state index contributed by atoms with van der Waals surface area (Å²) in [5, 5.41) is 0. The summed E-state index contributed by atoms with van der Waals surface area (Å²) in [4.78, 5) is 0. The Labute approximate surface area is 74.2 Å². The fourth-order valence-corrected chi connectivity index (χ4v) is 3.00. The van der Waals surface area contributed by atoms with E-state index in [-0.39, 0.29) is 0 Å². The molecule has 0 aromatic rings. The summed E-state index contributed by atoms with van der Waals surface area (Å²) in [6.45, 7) is 11.8. The van der Waals surface area contributed by atoms with Gasteiger partial charge in [0.1, 0.15) is 0 Å². The average molecular weight is 256 g/mol. The van der Waals surface area contributed by atoms with Gasteiger partial charge >= 0.3 is 0 Å². The predicted molar refractivity (Wildman–Crippen MR) is 56.1 cm³/mol. The van der Waals surface area contributed by atoms with Crippen molar-refractivity contribution in [2.75, 3.05) is 0 Å². The zero-order valence-corrected chi connectivity index (χ0v) is 10.3. The first-order valence-electron chi connectivity index (χ1n) is 3.49. The number of hydrogen-bond acceptors (Lipinski definition) is 0. The molecule has 56 valence electrons. The molecule has 0 radical (unpaired) electrons. The Bertz CT molecular complexity index is 83.4. The van der Waals surface area contributed by atoms with Crippen molar-refractivity contribution in [3.05, 3.63) is 0 Å². The van der Waals surface area contributed by atoms with Gasteiger partial charge in [0.2, 0.25) is 0 Å². The van der Waals surface area contributed by atoms with Crippen LogP contribution in [0, 0.1) is 5.41 Å². The fourth-order valence-electron chi connectivity index (χ4n) is 1.00. The highest BCUT2D eigenvalue weighted by molar-refractivity contribution is 14.1. The standard InChI is InChI=1S/C7H17ISi/c1-7(2,3)6(8)9(4)5/h6,9H,1-5H3. The van der Waals surface area contributed by atoms with Crippen molar-refractivity contribution in [1.29, 1.82) is 0 Å². The maximum atomic E-state index is 2.60. The molecule has 0 aliphatic rings. The zero-order chi connectivity index (χ0) is 7.65. The molecule has 0 rings (SSSR count). The molecule has 0 N–H and O–H groups in total. The van der Waals surface area contributed by atoms with Gasteiger partial charge in [0.25, 0.3) is 0 Å². The topological polar surface area (TPSA) is 0 Å². The average Bonchev–Trinajstić information content (AvgIpc) is 1.62. The van der Waals surface area contributed by atoms with Crippen molar-refractivity contribution in [1.82, 2.24) is 0 Å². The Morgan fingerprint density at radius 2 is 1.56 bits per heavy atom. The molecule has 9 heavy (non-hydrogen) atoms. The molecule has 0 spiro atoms. The van der Waals surface area contributed by atoms with Crippen LogP contribution in [0.1, 0.15) is 20.8 Å². The Morgan fingerprint density at radius 1 is 1.22 bits per heavy atom. The highest BCUT2D eigenvalue weighted by atomic mass is 127. The quantitative estimate of drug-likeness (QED) is 0.384. The third-order valence-corrected chi connectivity index (χ3v) is 9.77. The van der Waals surface area contributed by atoms with Crippen LogP contribution in [0.2, 0.25) is 13.1 Å². The summed E-state index contributed by atoms with van der Waals surface area (Å²) in [7, 11) is -0.403. The van der Waals surface area contributed by atoms with Crippen LogP contribution in [0.3, 0.4) is 0 Å². The summed E-state index contributed by atoms with van der Waals surface area (Å²) in [5.41, 5.74) is 0.529. The summed E-state index contributed by atoms with van der Waals surface area (Å²) in [6, 6.07) is 0. The SMILES string of the molecule is C[SiH](C)C(I)C(C)(C)C. The second-order valence-corrected chi connectivity index (χ2v) is 9.87. The molecule has 0 aliphatic carbocycles. The molecular weight excluding hydrogens is 239 g/mol. The Morgan fingerprint density at radius 3 is 1.56 bits per heavy atom. The van der Waals surface area contributed by atoms with Gasteiger partial charge in [0.05, 0.1) is 0 Å². The zero-order valence-electron chi connectivity index (χ0n) is 7.03. The summed E-state index contributed by atoms with van der Waals surface area (Å²) < 4.78 is 0.926. The first-order valence-corrected chi connectivity index (χ1v) is 7.72. The van der Waals surface area contributed by atoms with Crippen LogP contribution in [0.15, 0.2) is 0 Å². The van der Waals surface area contributed by atoms with Crippen molar-refractivity contribution >= 4 is 31.4 Å². The second kappa shape index (κ2) is 3.37. The maximum absolute atomic E-state index is 2.60. The third kappa shape index (κ3) is 3.60. The van der Waals surface area contributed by atoms with E-state index in [1.54, 1.807) is 0 Å². The molecule has 0 fully saturated rings. The first-order chi connectivity index (χ1) is 3.85. The summed E-state index contributed by atoms with van der Waals surface area (Å²) >= 11 is 2.60. The molecule has 1 unspecified atom stereocenters. The van der Waals surface area contributed by atoms with E-state index in [1.807, 2.05) is 0 Å². The van der Waals surface area contributed by atoms with Crippen molar-refractivity contribution in [2.24, 2.45) is 5.41 Å². The normalized spacial score (nSPS) is 16.3. The van der Waals surface area contributed by atoms with Gasteiger partial charge in [0, 0.05) is 12.3 Å². The predicted octanol–water partition coefficient (Wildman–Crippen LogP) is 2.86. The first kappa shape index (κ1) is 9.95. The van der Waals surface area contributed by atoms with Crippen LogP contribution in [-0.4, -0.2) is 12.3 Å². The molecular formula is C7H17ISi. The lowest BCUT2D eigenvalue weighted by atomic mass is 10.0. The van der Waals surface area contributed by atoms with Crippen molar-refractivity contribution in [3.63, 3.8) is 0 Å². The van der Waals surface area contributed by atoms with E-state index in [4.69, 9.17) is 0 Å². The molecule has 0 heterocycles. The van der Waals surface area contributed by atoms with E-state index in [1.165, 1.54) is 0 Å². The largest absolute Gasteiger partial charge is 0.0859 e. The fraction of sp³-hybridized carbons (Fsp3) is 1.00. The van der Waals surface area contributed by atoms with Crippen LogP contribution in [0.4, 0.5) is 0 Å². The van der Waals surface area contributed by atoms with Crippen molar-refractivity contribution in [3.8, 4) is 0 Å². The highest BCUT2D eigenvalue weighted by Gasteiger charge is 2.24. The molecule has 0 saturated heterocycles. The Kier molecular flexibility index (Phi) is 3.73. The lowest BCUT2D eigenvalue weighted by Crippen LogP contribution is -2.31. The van der Waals surface area contributed by atoms with Gasteiger partial charge < -0.3 is 0 Å². The number of alkyl halides is 1. The molecule has 0 aliphatic heterocycles. The minimum absolute atomic E-state index is 0.403. The van der Waals surface area contributed by atoms with Gasteiger partial charge in [-0.1, -0.05) is 56.5 Å². The van der Waals surface area contributed by atoms with Gasteiger partial charge in [-0.3, -0.25) is 0 Å². The molecule has 1 atom stereocenters. The smallest absolute Gasteiger partial charge is 0.0462 e. The van der Waals surface area contributed by atoms with Crippen molar-refractivity contribution in [2.45, 2.75) is 37.4 Å². The molecule has 0 nitrogen and oxygen atoms in total. The van der Waals surface area contributed by atoms with Crippen molar-refractivity contribution < 1.29 is 0 Å². The van der Waals surface area contributed by atoms with Crippen LogP contribution in [0.5, 0.6) is 0 Å². The van der Waals surface area contributed by atoms with E-state index in [2.05, 4.69) is 56.5 Å². The molecule has 0 bridgehead atoms. The number of hydrogen-bond donors (Lipinski definition) is 0. The van der Waals surface area contributed by atoms with Crippen LogP contribution in [0.25, 0.3) is 0 Å². The van der Waals surface area contributed by atoms with E-state index in [0.717, 1.165) is 3.55 Å². The molecule has 0 saturated carbocycles. The molecule has 0 amide bonds. The van der Waals surface area contributed by atoms with Gasteiger partial charge in [-0.25, -0.2) is 0 Å². The lowest BCUT2D eigenvalue weighted by molar-refractivity contribution is 0.460. The third-order valence-electron chi connectivity index (χ3n) is 1.41. The Balaban J connectivity index is 3.88. The van der Waals surface area contributed by atoms with Crippen LogP contribution < -0.4 is 0 Å². The molecule has 0 aromatic carbocycles. The number of halogens is 1. The minimum Gasteiger partial charge on any atom is -0.0859 e. The highest BCUT2D eigenvalue weighted by Crippen LogP contribution is 2.28. The number of rotatable bonds is 1. The molecule has 2 heteroatoms. The monoisotopic (exact) mass is 256 g/mol. The summed E-state index contributed by atoms with van der Waals surface area (Å²) in [5.74, 6) is 0. The van der Waals surface area contributed by atoms with Gasteiger partial charge in [0.15, 0.2) is 0 Å². The van der Waals surface area contributed by atoms with E-state index in [9.17, 15) is 0 Å². The van der Waals surface area contributed by atoms with Gasteiger partial charge in [-0.15, -0.1) is 0 Å². The van der Waals surface area contributed by atoms with Crippen LogP contribution in [-0.2, 0) is 0 Å². The lowest BCUT2D eigenvalue weighted by Gasteiger charge is -2.27. The van der Waals surface area contributed by atoms with Gasteiger partial charge in [-0.05, 0) is 5.41 Å². The summed E-state index contributed by atoms with van der Waals surface area (Å²) in [6.07, 6.45) is 0. The van der Waals surface area contributed by atoms with E-state index < -0.39 is 8.80 Å². The molecule has 0 aromatic heterocycles. The Hall–Kier alpha value is 0.947.